The highest BCUT2D eigenvalue weighted by Gasteiger charge is 2.21. The van der Waals surface area contributed by atoms with Gasteiger partial charge in [-0.2, -0.15) is 0 Å². The van der Waals surface area contributed by atoms with Crippen LogP contribution < -0.4 is 0 Å². The smallest absolute Gasteiger partial charge is 0.139 e. The molecule has 0 spiro atoms. The van der Waals surface area contributed by atoms with Crippen LogP contribution in [0.15, 0.2) is 207 Å². The Morgan fingerprint density at radius 2 is 0.945 bits per heavy atom. The summed E-state index contributed by atoms with van der Waals surface area (Å²) in [6.07, 6.45) is 3.63. The molecular formula is C51H34N4. The zero-order valence-electron chi connectivity index (χ0n) is 29.9. The maximum absolute atomic E-state index is 5.45. The first-order chi connectivity index (χ1) is 27.3. The fourth-order valence-electron chi connectivity index (χ4n) is 7.66. The summed E-state index contributed by atoms with van der Waals surface area (Å²) in [6.45, 7) is 0. The average Bonchev–Trinajstić information content (AvgIpc) is 3.61. The van der Waals surface area contributed by atoms with Gasteiger partial charge in [0.2, 0.25) is 0 Å². The number of hydrogen-bond acceptors (Lipinski definition) is 3. The van der Waals surface area contributed by atoms with Crippen molar-refractivity contribution < 1.29 is 0 Å². The molecule has 0 saturated carbocycles. The SMILES string of the molecule is c1ccc(-c2cccc(-c3cc(-c4ccccc4)c4c(c3)c3ccccc3n4-c3cc(-c4ccccc4)cc(-c4cccc(-c5cccnc5)n4)n3)c2)cc1. The number of pyridine rings is 3. The normalized spacial score (nSPS) is 11.3. The maximum atomic E-state index is 5.45. The average molecular weight is 703 g/mol. The monoisotopic (exact) mass is 702 g/mol. The molecule has 10 aromatic rings. The lowest BCUT2D eigenvalue weighted by Gasteiger charge is -2.16. The Morgan fingerprint density at radius 1 is 0.345 bits per heavy atom. The van der Waals surface area contributed by atoms with E-state index in [1.807, 2.05) is 36.5 Å². The van der Waals surface area contributed by atoms with Gasteiger partial charge in [0.25, 0.3) is 0 Å². The van der Waals surface area contributed by atoms with Crippen LogP contribution in [0.3, 0.4) is 0 Å². The lowest BCUT2D eigenvalue weighted by molar-refractivity contribution is 1.08. The van der Waals surface area contributed by atoms with Crippen molar-refractivity contribution in [1.82, 2.24) is 19.5 Å². The largest absolute Gasteiger partial charge is 0.293 e. The molecule has 55 heavy (non-hydrogen) atoms. The molecule has 0 N–H and O–H groups in total. The van der Waals surface area contributed by atoms with E-state index in [1.165, 1.54) is 27.5 Å². The molecule has 0 aliphatic heterocycles. The van der Waals surface area contributed by atoms with E-state index in [0.29, 0.717) is 0 Å². The van der Waals surface area contributed by atoms with Crippen molar-refractivity contribution >= 4 is 21.8 Å². The third-order valence-corrected chi connectivity index (χ3v) is 10.3. The summed E-state index contributed by atoms with van der Waals surface area (Å²) in [5.41, 5.74) is 14.8. The van der Waals surface area contributed by atoms with Gasteiger partial charge in [-0.25, -0.2) is 9.97 Å². The zero-order chi connectivity index (χ0) is 36.6. The molecule has 10 rings (SSSR count). The van der Waals surface area contributed by atoms with Crippen molar-refractivity contribution in [2.45, 2.75) is 0 Å². The van der Waals surface area contributed by atoms with Crippen LogP contribution in [0.25, 0.3) is 94.8 Å². The van der Waals surface area contributed by atoms with Crippen LogP contribution in [0.2, 0.25) is 0 Å². The van der Waals surface area contributed by atoms with E-state index in [9.17, 15) is 0 Å². The first-order valence-corrected chi connectivity index (χ1v) is 18.5. The van der Waals surface area contributed by atoms with E-state index >= 15 is 0 Å². The molecule has 0 bridgehead atoms. The van der Waals surface area contributed by atoms with Crippen LogP contribution in [0.5, 0.6) is 0 Å². The molecule has 258 valence electrons. The lowest BCUT2D eigenvalue weighted by atomic mass is 9.94. The molecule has 0 aliphatic carbocycles. The van der Waals surface area contributed by atoms with Gasteiger partial charge in [-0.15, -0.1) is 0 Å². The highest BCUT2D eigenvalue weighted by Crippen LogP contribution is 2.42. The Labute approximate surface area is 319 Å². The van der Waals surface area contributed by atoms with Crippen molar-refractivity contribution in [3.63, 3.8) is 0 Å². The molecule has 0 unspecified atom stereocenters. The summed E-state index contributed by atoms with van der Waals surface area (Å²) in [7, 11) is 0. The molecule has 0 saturated heterocycles. The topological polar surface area (TPSA) is 43.6 Å². The molecule has 0 amide bonds. The molecule has 0 fully saturated rings. The minimum Gasteiger partial charge on any atom is -0.293 e. The molecule has 4 heteroatoms. The van der Waals surface area contributed by atoms with Gasteiger partial charge < -0.3 is 0 Å². The maximum Gasteiger partial charge on any atom is 0.139 e. The number of hydrogen-bond donors (Lipinski definition) is 0. The fraction of sp³-hybridized carbons (Fsp3) is 0. The second kappa shape index (κ2) is 13.8. The van der Waals surface area contributed by atoms with E-state index in [4.69, 9.17) is 9.97 Å². The number of nitrogens with zero attached hydrogens (tertiary/aromatic N) is 4. The van der Waals surface area contributed by atoms with Crippen LogP contribution in [-0.2, 0) is 0 Å². The first-order valence-electron chi connectivity index (χ1n) is 18.5. The van der Waals surface area contributed by atoms with Crippen molar-refractivity contribution in [3.05, 3.63) is 207 Å². The first kappa shape index (κ1) is 32.2. The van der Waals surface area contributed by atoms with Crippen LogP contribution in [0, 0.1) is 0 Å². The summed E-state index contributed by atoms with van der Waals surface area (Å²) < 4.78 is 2.35. The van der Waals surface area contributed by atoms with Gasteiger partial charge in [-0.1, -0.05) is 133 Å². The van der Waals surface area contributed by atoms with Crippen LogP contribution in [0.4, 0.5) is 0 Å². The molecule has 0 aliphatic rings. The lowest BCUT2D eigenvalue weighted by Crippen LogP contribution is -2.02. The Bertz CT molecular complexity index is 2950. The van der Waals surface area contributed by atoms with Crippen LogP contribution in [-0.4, -0.2) is 19.5 Å². The van der Waals surface area contributed by atoms with E-state index in [-0.39, 0.29) is 0 Å². The summed E-state index contributed by atoms with van der Waals surface area (Å²) in [5.74, 6) is 0.826. The Morgan fingerprint density at radius 3 is 1.69 bits per heavy atom. The van der Waals surface area contributed by atoms with Gasteiger partial charge >= 0.3 is 0 Å². The standard InChI is InChI=1S/C51H34N4/c1-4-15-35(16-5-1)38-21-12-22-39(29-38)41-30-44(37-19-8-3-9-20-37)51-45(31-41)43-24-10-11-27-49(43)55(51)50-33-42(36-17-6-2-7-18-36)32-48(54-50)47-26-13-25-46(53-47)40-23-14-28-52-34-40/h1-34H. The van der Waals surface area contributed by atoms with E-state index in [2.05, 4.69) is 173 Å². The van der Waals surface area contributed by atoms with Crippen molar-refractivity contribution in [2.24, 2.45) is 0 Å². The highest BCUT2D eigenvalue weighted by molar-refractivity contribution is 6.15. The van der Waals surface area contributed by atoms with Gasteiger partial charge in [-0.05, 0) is 99.6 Å². The van der Waals surface area contributed by atoms with Gasteiger partial charge in [0.05, 0.1) is 28.1 Å². The highest BCUT2D eigenvalue weighted by atomic mass is 15.1. The van der Waals surface area contributed by atoms with Gasteiger partial charge in [0, 0.05) is 34.3 Å². The second-order valence-corrected chi connectivity index (χ2v) is 13.7. The third-order valence-electron chi connectivity index (χ3n) is 10.3. The minimum atomic E-state index is 0.795. The van der Waals surface area contributed by atoms with Crippen molar-refractivity contribution in [2.75, 3.05) is 0 Å². The molecule has 0 atom stereocenters. The molecule has 4 aromatic heterocycles. The Hall–Kier alpha value is -7.43. The second-order valence-electron chi connectivity index (χ2n) is 13.7. The van der Waals surface area contributed by atoms with E-state index < -0.39 is 0 Å². The number of aromatic nitrogens is 4. The fourth-order valence-corrected chi connectivity index (χ4v) is 7.66. The molecule has 4 heterocycles. The van der Waals surface area contributed by atoms with Crippen molar-refractivity contribution in [1.29, 1.82) is 0 Å². The summed E-state index contributed by atoms with van der Waals surface area (Å²) in [4.78, 5) is 14.9. The summed E-state index contributed by atoms with van der Waals surface area (Å²) in [5, 5.41) is 2.34. The Balaban J connectivity index is 1.25. The quantitative estimate of drug-likeness (QED) is 0.166. The van der Waals surface area contributed by atoms with Crippen LogP contribution in [0.1, 0.15) is 0 Å². The predicted molar refractivity (Wildman–Crippen MR) is 227 cm³/mol. The van der Waals surface area contributed by atoms with Gasteiger partial charge in [-0.3, -0.25) is 9.55 Å². The molecule has 0 radical (unpaired) electrons. The summed E-state index contributed by atoms with van der Waals surface area (Å²) >= 11 is 0. The molecular weight excluding hydrogens is 669 g/mol. The predicted octanol–water partition coefficient (Wildman–Crippen LogP) is 13.0. The number of fused-ring (bicyclic) bond motifs is 3. The zero-order valence-corrected chi connectivity index (χ0v) is 29.9. The summed E-state index contributed by atoms with van der Waals surface area (Å²) in [6, 6.07) is 68.5. The third kappa shape index (κ3) is 6.06. The van der Waals surface area contributed by atoms with E-state index in [0.717, 1.165) is 67.3 Å². The van der Waals surface area contributed by atoms with Gasteiger partial charge in [0.1, 0.15) is 5.82 Å². The number of benzene rings is 6. The van der Waals surface area contributed by atoms with Gasteiger partial charge in [0.15, 0.2) is 0 Å². The van der Waals surface area contributed by atoms with Crippen LogP contribution >= 0.6 is 0 Å². The number of para-hydroxylation sites is 1. The van der Waals surface area contributed by atoms with E-state index in [1.54, 1.807) is 6.20 Å². The van der Waals surface area contributed by atoms with Crippen molar-refractivity contribution in [3.8, 4) is 73.0 Å². The Kier molecular flexibility index (Phi) is 8.12. The molecule has 6 aromatic carbocycles. The number of rotatable bonds is 7. The molecule has 4 nitrogen and oxygen atoms in total. The minimum absolute atomic E-state index is 0.795.